The molecule has 1 heterocycles. The van der Waals surface area contributed by atoms with Gasteiger partial charge >= 0.3 is 0 Å². The Morgan fingerprint density at radius 2 is 2.07 bits per heavy atom. The first kappa shape index (κ1) is 10.3. The number of aromatic nitrogens is 1. The van der Waals surface area contributed by atoms with Crippen LogP contribution in [0.5, 0.6) is 0 Å². The van der Waals surface area contributed by atoms with Gasteiger partial charge in [0.05, 0.1) is 5.69 Å². The Morgan fingerprint density at radius 3 is 2.73 bits per heavy atom. The van der Waals surface area contributed by atoms with Crippen LogP contribution < -0.4 is 5.90 Å². The van der Waals surface area contributed by atoms with Gasteiger partial charge < -0.3 is 0 Å². The normalized spacial score (nSPS) is 10.5. The lowest BCUT2D eigenvalue weighted by molar-refractivity contribution is 0.124. The summed E-state index contributed by atoms with van der Waals surface area (Å²) in [6.45, 7) is 2.43. The predicted molar refractivity (Wildman–Crippen MR) is 61.3 cm³/mol. The van der Waals surface area contributed by atoms with Crippen LogP contribution in [0.15, 0.2) is 30.3 Å². The molecule has 1 aromatic carbocycles. The zero-order valence-corrected chi connectivity index (χ0v) is 9.25. The third-order valence-corrected chi connectivity index (χ3v) is 3.04. The number of aryl methyl sites for hydroxylation is 1. The lowest BCUT2D eigenvalue weighted by Crippen LogP contribution is -1.97. The molecule has 3 nitrogen and oxygen atoms in total. The van der Waals surface area contributed by atoms with Gasteiger partial charge in [0.15, 0.2) is 0 Å². The Balaban J connectivity index is 2.36. The molecule has 0 aliphatic heterocycles. The highest BCUT2D eigenvalue weighted by Crippen LogP contribution is 2.27. The second kappa shape index (κ2) is 4.53. The molecule has 1 aromatic heterocycles. The fraction of sp³-hybridized carbons (Fsp3) is 0.182. The van der Waals surface area contributed by atoms with E-state index < -0.39 is 0 Å². The maximum atomic E-state index is 5.03. The van der Waals surface area contributed by atoms with Gasteiger partial charge in [-0.2, -0.15) is 0 Å². The third kappa shape index (κ3) is 2.23. The molecule has 2 rings (SSSR count). The molecular weight excluding hydrogens is 208 g/mol. The van der Waals surface area contributed by atoms with Gasteiger partial charge in [-0.05, 0) is 6.92 Å². The predicted octanol–water partition coefficient (Wildman–Crippen LogP) is 2.51. The first-order chi connectivity index (χ1) is 7.31. The minimum atomic E-state index is 0.373. The number of nitrogens with two attached hydrogens (primary N) is 1. The molecule has 0 amide bonds. The minimum Gasteiger partial charge on any atom is -0.297 e. The summed E-state index contributed by atoms with van der Waals surface area (Å²) in [5.41, 5.74) is 2.15. The van der Waals surface area contributed by atoms with Crippen molar-refractivity contribution in [3.05, 3.63) is 40.2 Å². The average molecular weight is 220 g/mol. The molecule has 0 fully saturated rings. The summed E-state index contributed by atoms with van der Waals surface area (Å²) in [7, 11) is 0. The Bertz CT molecular complexity index is 439. The van der Waals surface area contributed by atoms with Gasteiger partial charge in [-0.15, -0.1) is 11.3 Å². The summed E-state index contributed by atoms with van der Waals surface area (Å²) in [6.07, 6.45) is 0. The summed E-state index contributed by atoms with van der Waals surface area (Å²) in [4.78, 5) is 10.3. The number of hydrogen-bond donors (Lipinski definition) is 1. The second-order valence-electron chi connectivity index (χ2n) is 3.19. The highest BCUT2D eigenvalue weighted by atomic mass is 32.1. The van der Waals surface area contributed by atoms with Gasteiger partial charge in [0.1, 0.15) is 11.6 Å². The number of hydrogen-bond acceptors (Lipinski definition) is 4. The lowest BCUT2D eigenvalue weighted by Gasteiger charge is -1.96. The van der Waals surface area contributed by atoms with E-state index in [0.717, 1.165) is 16.3 Å². The maximum absolute atomic E-state index is 5.03. The van der Waals surface area contributed by atoms with E-state index in [4.69, 9.17) is 5.90 Å². The van der Waals surface area contributed by atoms with Gasteiger partial charge in [-0.3, -0.25) is 4.84 Å². The first-order valence-corrected chi connectivity index (χ1v) is 5.46. The Kier molecular flexibility index (Phi) is 3.11. The fourth-order valence-corrected chi connectivity index (χ4v) is 2.33. The summed E-state index contributed by atoms with van der Waals surface area (Å²) in [5, 5.41) is 0.911. The third-order valence-electron chi connectivity index (χ3n) is 2.09. The number of nitrogens with zero attached hydrogens (tertiary/aromatic N) is 1. The maximum Gasteiger partial charge on any atom is 0.121 e. The van der Waals surface area contributed by atoms with Crippen molar-refractivity contribution in [2.75, 3.05) is 0 Å². The molecule has 0 saturated carbocycles. The van der Waals surface area contributed by atoms with Crippen molar-refractivity contribution in [3.8, 4) is 11.3 Å². The molecule has 78 valence electrons. The van der Waals surface area contributed by atoms with E-state index in [9.17, 15) is 0 Å². The Hall–Kier alpha value is -1.23. The Labute approximate surface area is 92.5 Å². The van der Waals surface area contributed by atoms with Crippen LogP contribution in [-0.4, -0.2) is 4.98 Å². The van der Waals surface area contributed by atoms with Crippen molar-refractivity contribution in [2.24, 2.45) is 5.90 Å². The van der Waals surface area contributed by atoms with Crippen molar-refractivity contribution < 1.29 is 4.84 Å². The van der Waals surface area contributed by atoms with Crippen LogP contribution in [-0.2, 0) is 11.4 Å². The van der Waals surface area contributed by atoms with Crippen LogP contribution in [0.3, 0.4) is 0 Å². The summed E-state index contributed by atoms with van der Waals surface area (Å²) in [5.74, 6) is 5.03. The van der Waals surface area contributed by atoms with E-state index in [-0.39, 0.29) is 0 Å². The van der Waals surface area contributed by atoms with Gasteiger partial charge in [0.2, 0.25) is 0 Å². The molecule has 0 aliphatic carbocycles. The van der Waals surface area contributed by atoms with E-state index in [2.05, 4.69) is 28.9 Å². The van der Waals surface area contributed by atoms with Gasteiger partial charge in [0, 0.05) is 10.4 Å². The molecule has 0 saturated heterocycles. The number of benzene rings is 1. The Morgan fingerprint density at radius 1 is 1.33 bits per heavy atom. The van der Waals surface area contributed by atoms with Crippen molar-refractivity contribution in [1.82, 2.24) is 4.98 Å². The SMILES string of the molecule is Cc1sc(CON)nc1-c1ccccc1. The largest absolute Gasteiger partial charge is 0.297 e. The molecule has 2 aromatic rings. The fourth-order valence-electron chi connectivity index (χ4n) is 1.45. The van der Waals surface area contributed by atoms with E-state index in [0.29, 0.717) is 6.61 Å². The van der Waals surface area contributed by atoms with Crippen molar-refractivity contribution in [1.29, 1.82) is 0 Å². The van der Waals surface area contributed by atoms with E-state index in [1.165, 1.54) is 4.88 Å². The van der Waals surface area contributed by atoms with Crippen LogP contribution in [0.25, 0.3) is 11.3 Å². The van der Waals surface area contributed by atoms with Crippen molar-refractivity contribution >= 4 is 11.3 Å². The zero-order chi connectivity index (χ0) is 10.7. The molecular formula is C11H12N2OS. The molecule has 0 spiro atoms. The zero-order valence-electron chi connectivity index (χ0n) is 8.43. The molecule has 4 heteroatoms. The van der Waals surface area contributed by atoms with E-state index >= 15 is 0 Å². The monoisotopic (exact) mass is 220 g/mol. The quantitative estimate of drug-likeness (QED) is 0.808. The highest BCUT2D eigenvalue weighted by Gasteiger charge is 2.08. The van der Waals surface area contributed by atoms with Crippen LogP contribution in [0.4, 0.5) is 0 Å². The van der Waals surface area contributed by atoms with Gasteiger partial charge in [0.25, 0.3) is 0 Å². The van der Waals surface area contributed by atoms with E-state index in [1.807, 2.05) is 18.2 Å². The summed E-state index contributed by atoms with van der Waals surface area (Å²) >= 11 is 1.62. The topological polar surface area (TPSA) is 48.1 Å². The van der Waals surface area contributed by atoms with Crippen LogP contribution in [0.1, 0.15) is 9.88 Å². The second-order valence-corrected chi connectivity index (χ2v) is 4.48. The average Bonchev–Trinajstić information content (AvgIpc) is 2.61. The number of thiazole rings is 1. The standard InChI is InChI=1S/C11H12N2OS/c1-8-11(9-5-3-2-4-6-9)13-10(15-8)7-14-12/h2-6H,7,12H2,1H3. The van der Waals surface area contributed by atoms with Crippen molar-refractivity contribution in [3.63, 3.8) is 0 Å². The number of rotatable bonds is 3. The molecule has 15 heavy (non-hydrogen) atoms. The molecule has 0 radical (unpaired) electrons. The summed E-state index contributed by atoms with van der Waals surface area (Å²) in [6, 6.07) is 10.1. The summed E-state index contributed by atoms with van der Waals surface area (Å²) < 4.78 is 0. The molecule has 0 bridgehead atoms. The smallest absolute Gasteiger partial charge is 0.121 e. The lowest BCUT2D eigenvalue weighted by atomic mass is 10.1. The van der Waals surface area contributed by atoms with Crippen LogP contribution in [0.2, 0.25) is 0 Å². The van der Waals surface area contributed by atoms with Gasteiger partial charge in [-0.1, -0.05) is 30.3 Å². The molecule has 2 N–H and O–H groups in total. The molecule has 0 aliphatic rings. The minimum absolute atomic E-state index is 0.373. The first-order valence-electron chi connectivity index (χ1n) is 4.64. The van der Waals surface area contributed by atoms with Crippen molar-refractivity contribution in [2.45, 2.75) is 13.5 Å². The highest BCUT2D eigenvalue weighted by molar-refractivity contribution is 7.12. The van der Waals surface area contributed by atoms with Crippen LogP contribution in [0, 0.1) is 6.92 Å². The molecule has 0 atom stereocenters. The van der Waals surface area contributed by atoms with Crippen LogP contribution >= 0.6 is 11.3 Å². The van der Waals surface area contributed by atoms with E-state index in [1.54, 1.807) is 11.3 Å². The molecule has 0 unspecified atom stereocenters. The van der Waals surface area contributed by atoms with Gasteiger partial charge in [-0.25, -0.2) is 10.9 Å².